The number of aromatic hydroxyl groups is 1. The molecule has 2 saturated heterocycles. The summed E-state index contributed by atoms with van der Waals surface area (Å²) < 4.78 is 22.3. The first kappa shape index (κ1) is 18.5. The second kappa shape index (κ2) is 7.38. The standard InChI is InChI=1S/C20H22FN5O2S/c1-11-7-8-26(25-11)13-5-6-14(16(27)10-13)19-23-24-20(29-19)28-17-9-12-3-2-4-15(22-12)18(17)21/h5-8,10,12,15,17-18,22,27H,2-4,9H2,1H3. The molecule has 4 unspecified atom stereocenters. The fourth-order valence-corrected chi connectivity index (χ4v) is 4.95. The average Bonchev–Trinajstić information content (AvgIpc) is 3.35. The van der Waals surface area contributed by atoms with E-state index in [2.05, 4.69) is 20.6 Å². The Morgan fingerprint density at radius 3 is 2.97 bits per heavy atom. The van der Waals surface area contributed by atoms with Crippen molar-refractivity contribution in [2.75, 3.05) is 0 Å². The Hall–Kier alpha value is -2.52. The summed E-state index contributed by atoms with van der Waals surface area (Å²) in [4.78, 5) is 0. The zero-order valence-electron chi connectivity index (χ0n) is 16.0. The van der Waals surface area contributed by atoms with Crippen molar-refractivity contribution >= 4 is 11.3 Å². The van der Waals surface area contributed by atoms with Crippen molar-refractivity contribution in [1.82, 2.24) is 25.3 Å². The maximum Gasteiger partial charge on any atom is 0.294 e. The van der Waals surface area contributed by atoms with Gasteiger partial charge in [-0.3, -0.25) is 0 Å². The molecule has 2 aromatic heterocycles. The van der Waals surface area contributed by atoms with Gasteiger partial charge in [-0.25, -0.2) is 9.07 Å². The van der Waals surface area contributed by atoms with E-state index in [0.29, 0.717) is 28.2 Å². The maximum absolute atomic E-state index is 14.7. The fourth-order valence-electron chi connectivity index (χ4n) is 4.17. The molecule has 7 nitrogen and oxygen atoms in total. The van der Waals surface area contributed by atoms with Crippen LogP contribution in [0.25, 0.3) is 16.3 Å². The number of halogens is 1. The molecule has 9 heteroatoms. The van der Waals surface area contributed by atoms with Crippen molar-refractivity contribution in [3.8, 4) is 27.2 Å². The second-order valence-electron chi connectivity index (χ2n) is 7.71. The molecule has 1 aromatic carbocycles. The van der Waals surface area contributed by atoms with Crippen molar-refractivity contribution in [3.63, 3.8) is 0 Å². The zero-order chi connectivity index (χ0) is 20.0. The molecule has 0 aliphatic carbocycles. The fraction of sp³-hybridized carbons (Fsp3) is 0.450. The molecule has 2 bridgehead atoms. The Kier molecular flexibility index (Phi) is 4.71. The lowest BCUT2D eigenvalue weighted by Gasteiger charge is -2.42. The van der Waals surface area contributed by atoms with Gasteiger partial charge < -0.3 is 15.2 Å². The van der Waals surface area contributed by atoms with Crippen LogP contribution in [0.3, 0.4) is 0 Å². The number of alkyl halides is 1. The summed E-state index contributed by atoms with van der Waals surface area (Å²) in [6.45, 7) is 1.91. The van der Waals surface area contributed by atoms with Gasteiger partial charge in [0.15, 0.2) is 11.2 Å². The van der Waals surface area contributed by atoms with Crippen LogP contribution in [-0.2, 0) is 0 Å². The average molecular weight is 415 g/mol. The molecular weight excluding hydrogens is 393 g/mol. The van der Waals surface area contributed by atoms with Crippen LogP contribution in [0.15, 0.2) is 30.5 Å². The largest absolute Gasteiger partial charge is 0.507 e. The van der Waals surface area contributed by atoms with Gasteiger partial charge in [0.2, 0.25) is 0 Å². The molecule has 3 aromatic rings. The van der Waals surface area contributed by atoms with E-state index in [9.17, 15) is 9.50 Å². The van der Waals surface area contributed by atoms with Gasteiger partial charge in [-0.2, -0.15) is 5.10 Å². The van der Waals surface area contributed by atoms with Gasteiger partial charge in [0.25, 0.3) is 5.19 Å². The van der Waals surface area contributed by atoms with Crippen LogP contribution < -0.4 is 10.1 Å². The molecule has 152 valence electrons. The van der Waals surface area contributed by atoms with Gasteiger partial charge in [0.05, 0.1) is 16.9 Å². The number of nitrogens with zero attached hydrogens (tertiary/aromatic N) is 4. The number of nitrogens with one attached hydrogen (secondary N) is 1. The van der Waals surface area contributed by atoms with Crippen LogP contribution in [0.5, 0.6) is 10.9 Å². The van der Waals surface area contributed by atoms with Crippen LogP contribution in [0.4, 0.5) is 4.39 Å². The smallest absolute Gasteiger partial charge is 0.294 e. The Morgan fingerprint density at radius 2 is 2.17 bits per heavy atom. The van der Waals surface area contributed by atoms with E-state index in [4.69, 9.17) is 4.74 Å². The summed E-state index contributed by atoms with van der Waals surface area (Å²) in [5.41, 5.74) is 2.21. The van der Waals surface area contributed by atoms with E-state index >= 15 is 0 Å². The van der Waals surface area contributed by atoms with Crippen LogP contribution in [0.1, 0.15) is 31.4 Å². The highest BCUT2D eigenvalue weighted by Crippen LogP contribution is 2.37. The highest BCUT2D eigenvalue weighted by atomic mass is 32.1. The molecule has 2 fully saturated rings. The van der Waals surface area contributed by atoms with Gasteiger partial charge in [-0.15, -0.1) is 5.10 Å². The quantitative estimate of drug-likeness (QED) is 0.679. The first-order chi connectivity index (χ1) is 14.1. The van der Waals surface area contributed by atoms with E-state index in [1.165, 1.54) is 11.3 Å². The first-order valence-electron chi connectivity index (χ1n) is 9.83. The first-order valence-corrected chi connectivity index (χ1v) is 10.6. The Bertz CT molecular complexity index is 1020. The lowest BCUT2D eigenvalue weighted by Crippen LogP contribution is -2.58. The third kappa shape index (κ3) is 3.60. The van der Waals surface area contributed by atoms with E-state index in [1.807, 2.05) is 25.3 Å². The number of aromatic nitrogens is 4. The molecule has 5 rings (SSSR count). The second-order valence-corrected chi connectivity index (χ2v) is 8.65. The van der Waals surface area contributed by atoms with E-state index in [0.717, 1.165) is 30.6 Å². The molecule has 29 heavy (non-hydrogen) atoms. The lowest BCUT2D eigenvalue weighted by atomic mass is 9.84. The van der Waals surface area contributed by atoms with Crippen molar-refractivity contribution in [2.45, 2.75) is 57.0 Å². The number of rotatable bonds is 4. The maximum atomic E-state index is 14.7. The van der Waals surface area contributed by atoms with Gasteiger partial charge in [-0.1, -0.05) is 22.9 Å². The van der Waals surface area contributed by atoms with Gasteiger partial charge in [0, 0.05) is 30.8 Å². The molecule has 2 aliphatic rings. The summed E-state index contributed by atoms with van der Waals surface area (Å²) in [5.74, 6) is 0.0816. The predicted octanol–water partition coefficient (Wildman–Crippen LogP) is 3.40. The zero-order valence-corrected chi connectivity index (χ0v) is 16.8. The minimum Gasteiger partial charge on any atom is -0.507 e. The number of hydrogen-bond acceptors (Lipinski definition) is 7. The number of ether oxygens (including phenoxy) is 1. The topological polar surface area (TPSA) is 85.1 Å². The monoisotopic (exact) mass is 415 g/mol. The minimum absolute atomic E-state index is 0.0816. The van der Waals surface area contributed by atoms with Crippen LogP contribution in [0, 0.1) is 6.92 Å². The number of benzene rings is 1. The highest BCUT2D eigenvalue weighted by Gasteiger charge is 2.41. The van der Waals surface area contributed by atoms with E-state index < -0.39 is 12.3 Å². The summed E-state index contributed by atoms with van der Waals surface area (Å²) >= 11 is 1.22. The number of hydrogen-bond donors (Lipinski definition) is 2. The summed E-state index contributed by atoms with van der Waals surface area (Å²) in [5, 5.41) is 27.3. The van der Waals surface area contributed by atoms with Crippen molar-refractivity contribution < 1.29 is 14.2 Å². The molecule has 2 N–H and O–H groups in total. The van der Waals surface area contributed by atoms with E-state index in [1.54, 1.807) is 16.8 Å². The third-order valence-corrected chi connectivity index (χ3v) is 6.48. The van der Waals surface area contributed by atoms with Crippen LogP contribution >= 0.6 is 11.3 Å². The Morgan fingerprint density at radius 1 is 1.28 bits per heavy atom. The number of aryl methyl sites for hydroxylation is 1. The van der Waals surface area contributed by atoms with Crippen molar-refractivity contribution in [1.29, 1.82) is 0 Å². The Labute approximate surface area is 171 Å². The van der Waals surface area contributed by atoms with Crippen molar-refractivity contribution in [2.24, 2.45) is 0 Å². The molecule has 0 radical (unpaired) electrons. The molecule has 4 atom stereocenters. The minimum atomic E-state index is -1.05. The highest BCUT2D eigenvalue weighted by molar-refractivity contribution is 7.16. The lowest BCUT2D eigenvalue weighted by molar-refractivity contribution is 0.00888. The van der Waals surface area contributed by atoms with Gasteiger partial charge >= 0.3 is 0 Å². The summed E-state index contributed by atoms with van der Waals surface area (Å²) in [6, 6.07) is 7.33. The molecule has 0 saturated carbocycles. The van der Waals surface area contributed by atoms with Crippen molar-refractivity contribution in [3.05, 3.63) is 36.2 Å². The van der Waals surface area contributed by atoms with Gasteiger partial charge in [-0.05, 0) is 38.0 Å². The van der Waals surface area contributed by atoms with Crippen LogP contribution in [-0.4, -0.2) is 49.4 Å². The summed E-state index contributed by atoms with van der Waals surface area (Å²) in [6.07, 6.45) is 3.87. The third-order valence-electron chi connectivity index (χ3n) is 5.63. The van der Waals surface area contributed by atoms with E-state index in [-0.39, 0.29) is 11.8 Å². The SMILES string of the molecule is Cc1ccn(-c2ccc(-c3nnc(OC4CC5CCCC(N5)C4F)s3)c(O)c2)n1. The molecule has 0 spiro atoms. The predicted molar refractivity (Wildman–Crippen MR) is 107 cm³/mol. The molecule has 2 aliphatic heterocycles. The molecular formula is C20H22FN5O2S. The number of phenols is 1. The molecule has 4 heterocycles. The molecule has 0 amide bonds. The normalized spacial score (nSPS) is 26.4. The van der Waals surface area contributed by atoms with Gasteiger partial charge in [0.1, 0.15) is 11.9 Å². The summed E-state index contributed by atoms with van der Waals surface area (Å²) in [7, 11) is 0. The number of piperidine rings is 2. The Balaban J connectivity index is 1.33. The number of phenolic OH excluding ortho intramolecular Hbond substituents is 1. The number of fused-ring (bicyclic) bond motifs is 2. The van der Waals surface area contributed by atoms with Crippen LogP contribution in [0.2, 0.25) is 0 Å².